The van der Waals surface area contributed by atoms with Crippen LogP contribution in [0.4, 0.5) is 5.69 Å². The average Bonchev–Trinajstić information content (AvgIpc) is 2.48. The summed E-state index contributed by atoms with van der Waals surface area (Å²) < 4.78 is 33.5. The van der Waals surface area contributed by atoms with E-state index in [4.69, 9.17) is 4.74 Å². The first kappa shape index (κ1) is 17.3. The monoisotopic (exact) mass is 333 g/mol. The van der Waals surface area contributed by atoms with E-state index in [-0.39, 0.29) is 10.8 Å². The highest BCUT2D eigenvalue weighted by Crippen LogP contribution is 2.32. The van der Waals surface area contributed by atoms with Crippen molar-refractivity contribution in [1.29, 1.82) is 0 Å². The molecule has 0 aliphatic carbocycles. The van der Waals surface area contributed by atoms with Crippen molar-refractivity contribution in [2.24, 2.45) is 0 Å². The quantitative estimate of drug-likeness (QED) is 0.890. The minimum atomic E-state index is -3.64. The summed E-state index contributed by atoms with van der Waals surface area (Å²) in [6, 6.07) is 10.7. The number of anilines is 1. The Balaban J connectivity index is 2.46. The van der Waals surface area contributed by atoms with Crippen molar-refractivity contribution in [2.75, 3.05) is 11.8 Å². The molecule has 0 bridgehead atoms. The molecule has 0 heterocycles. The summed E-state index contributed by atoms with van der Waals surface area (Å²) in [5, 5.41) is 0. The zero-order chi connectivity index (χ0) is 17.2. The molecule has 0 amide bonds. The van der Waals surface area contributed by atoms with Gasteiger partial charge in [0, 0.05) is 5.69 Å². The first-order valence-corrected chi connectivity index (χ1v) is 9.01. The van der Waals surface area contributed by atoms with Gasteiger partial charge in [0.05, 0.1) is 12.0 Å². The Kier molecular flexibility index (Phi) is 5.00. The van der Waals surface area contributed by atoms with Gasteiger partial charge < -0.3 is 4.74 Å². The molecule has 0 fully saturated rings. The zero-order valence-corrected chi connectivity index (χ0v) is 15.0. The number of benzene rings is 2. The third-order valence-corrected chi connectivity index (χ3v) is 5.27. The fourth-order valence-corrected chi connectivity index (χ4v) is 3.75. The summed E-state index contributed by atoms with van der Waals surface area (Å²) >= 11 is 0. The van der Waals surface area contributed by atoms with Crippen LogP contribution in [0.2, 0.25) is 0 Å². The van der Waals surface area contributed by atoms with Gasteiger partial charge in [-0.05, 0) is 55.2 Å². The maximum absolute atomic E-state index is 12.7. The van der Waals surface area contributed by atoms with Gasteiger partial charge in [-0.3, -0.25) is 4.72 Å². The van der Waals surface area contributed by atoms with Crippen molar-refractivity contribution < 1.29 is 13.2 Å². The predicted octanol–water partition coefficient (Wildman–Crippen LogP) is 4.24. The molecule has 2 aromatic carbocycles. The Morgan fingerprint density at radius 3 is 2.17 bits per heavy atom. The van der Waals surface area contributed by atoms with E-state index in [1.807, 2.05) is 32.9 Å². The third-order valence-electron chi connectivity index (χ3n) is 3.74. The number of hydrogen-bond acceptors (Lipinski definition) is 3. The van der Waals surface area contributed by atoms with Crippen molar-refractivity contribution in [2.45, 2.75) is 38.5 Å². The Bertz CT molecular complexity index is 794. The van der Waals surface area contributed by atoms with Crippen molar-refractivity contribution in [3.63, 3.8) is 0 Å². The molecule has 0 atom stereocenters. The lowest BCUT2D eigenvalue weighted by molar-refractivity contribution is 0.406. The van der Waals surface area contributed by atoms with Crippen molar-refractivity contribution >= 4 is 15.7 Å². The Morgan fingerprint density at radius 2 is 1.65 bits per heavy atom. The van der Waals surface area contributed by atoms with Crippen LogP contribution >= 0.6 is 0 Å². The van der Waals surface area contributed by atoms with Crippen molar-refractivity contribution in [1.82, 2.24) is 0 Å². The maximum atomic E-state index is 12.7. The highest BCUT2D eigenvalue weighted by Gasteiger charge is 2.21. The molecule has 2 aromatic rings. The fourth-order valence-electron chi connectivity index (χ4n) is 2.43. The van der Waals surface area contributed by atoms with Crippen LogP contribution in [0.5, 0.6) is 5.75 Å². The molecule has 5 heteroatoms. The summed E-state index contributed by atoms with van der Waals surface area (Å²) in [6.07, 6.45) is 0. The van der Waals surface area contributed by atoms with Gasteiger partial charge in [-0.2, -0.15) is 0 Å². The minimum Gasteiger partial charge on any atom is -0.496 e. The van der Waals surface area contributed by atoms with E-state index in [1.165, 1.54) is 0 Å². The first-order valence-electron chi connectivity index (χ1n) is 7.52. The summed E-state index contributed by atoms with van der Waals surface area (Å²) in [5.41, 5.74) is 3.17. The lowest BCUT2D eigenvalue weighted by Crippen LogP contribution is -2.15. The number of hydrogen-bond donors (Lipinski definition) is 1. The van der Waals surface area contributed by atoms with Crippen LogP contribution in [0.25, 0.3) is 0 Å². The van der Waals surface area contributed by atoms with E-state index >= 15 is 0 Å². The number of methoxy groups -OCH3 is 1. The normalized spacial score (nSPS) is 11.6. The Hall–Kier alpha value is -2.01. The Labute approximate surface area is 138 Å². The van der Waals surface area contributed by atoms with Gasteiger partial charge in [0.1, 0.15) is 5.75 Å². The second-order valence-electron chi connectivity index (χ2n) is 5.99. The number of ether oxygens (including phenoxy) is 1. The van der Waals surface area contributed by atoms with E-state index in [9.17, 15) is 8.42 Å². The topological polar surface area (TPSA) is 55.4 Å². The number of rotatable bonds is 5. The fraction of sp³-hybridized carbons (Fsp3) is 0.333. The Morgan fingerprint density at radius 1 is 1.04 bits per heavy atom. The van der Waals surface area contributed by atoms with E-state index in [1.54, 1.807) is 38.3 Å². The highest BCUT2D eigenvalue weighted by molar-refractivity contribution is 7.92. The standard InChI is InChI=1S/C18H23NO3S/c1-12(2)16-11-18(14(4)10-17(16)22-5)23(20,21)19-15-8-6-13(3)7-9-15/h6-12,19H,1-5H3. The largest absolute Gasteiger partial charge is 0.496 e. The molecule has 0 aliphatic heterocycles. The van der Waals surface area contributed by atoms with E-state index < -0.39 is 10.0 Å². The van der Waals surface area contributed by atoms with Crippen LogP contribution in [0.3, 0.4) is 0 Å². The summed E-state index contributed by atoms with van der Waals surface area (Å²) in [5.74, 6) is 0.880. The summed E-state index contributed by atoms with van der Waals surface area (Å²) in [7, 11) is -2.05. The van der Waals surface area contributed by atoms with Crippen LogP contribution in [-0.4, -0.2) is 15.5 Å². The molecule has 0 aromatic heterocycles. The van der Waals surface area contributed by atoms with E-state index in [0.29, 0.717) is 17.0 Å². The van der Waals surface area contributed by atoms with Crippen LogP contribution in [0, 0.1) is 13.8 Å². The highest BCUT2D eigenvalue weighted by atomic mass is 32.2. The molecule has 0 saturated heterocycles. The average molecular weight is 333 g/mol. The van der Waals surface area contributed by atoms with Crippen molar-refractivity contribution in [3.05, 3.63) is 53.1 Å². The molecule has 0 radical (unpaired) electrons. The second-order valence-corrected chi connectivity index (χ2v) is 7.64. The van der Waals surface area contributed by atoms with Gasteiger partial charge in [0.25, 0.3) is 10.0 Å². The molecule has 0 spiro atoms. The smallest absolute Gasteiger partial charge is 0.262 e. The summed E-state index contributed by atoms with van der Waals surface area (Å²) in [4.78, 5) is 0.280. The molecule has 2 rings (SSSR count). The lowest BCUT2D eigenvalue weighted by atomic mass is 10.0. The van der Waals surface area contributed by atoms with Crippen LogP contribution in [0.15, 0.2) is 41.3 Å². The van der Waals surface area contributed by atoms with Crippen molar-refractivity contribution in [3.8, 4) is 5.75 Å². The maximum Gasteiger partial charge on any atom is 0.262 e. The van der Waals surface area contributed by atoms with Gasteiger partial charge in [0.2, 0.25) is 0 Å². The molecular formula is C18H23NO3S. The van der Waals surface area contributed by atoms with Crippen LogP contribution in [-0.2, 0) is 10.0 Å². The predicted molar refractivity (Wildman–Crippen MR) is 93.8 cm³/mol. The van der Waals surface area contributed by atoms with Crippen LogP contribution < -0.4 is 9.46 Å². The summed E-state index contributed by atoms with van der Waals surface area (Å²) in [6.45, 7) is 7.76. The molecule has 124 valence electrons. The number of nitrogens with one attached hydrogen (secondary N) is 1. The van der Waals surface area contributed by atoms with Crippen LogP contribution in [0.1, 0.15) is 36.5 Å². The molecule has 0 saturated carbocycles. The van der Waals surface area contributed by atoms with Gasteiger partial charge in [-0.1, -0.05) is 31.5 Å². The second kappa shape index (κ2) is 6.62. The van der Waals surface area contributed by atoms with E-state index in [0.717, 1.165) is 11.1 Å². The number of aryl methyl sites for hydroxylation is 2. The molecular weight excluding hydrogens is 310 g/mol. The van der Waals surface area contributed by atoms with Gasteiger partial charge in [-0.15, -0.1) is 0 Å². The molecule has 1 N–H and O–H groups in total. The lowest BCUT2D eigenvalue weighted by Gasteiger charge is -2.17. The van der Waals surface area contributed by atoms with Gasteiger partial charge >= 0.3 is 0 Å². The van der Waals surface area contributed by atoms with Gasteiger partial charge in [0.15, 0.2) is 0 Å². The number of sulfonamides is 1. The minimum absolute atomic E-state index is 0.166. The first-order chi connectivity index (χ1) is 10.7. The molecule has 0 unspecified atom stereocenters. The zero-order valence-electron chi connectivity index (χ0n) is 14.2. The van der Waals surface area contributed by atoms with E-state index in [2.05, 4.69) is 4.72 Å². The molecule has 4 nitrogen and oxygen atoms in total. The SMILES string of the molecule is COc1cc(C)c(S(=O)(=O)Nc2ccc(C)cc2)cc1C(C)C. The molecule has 0 aliphatic rings. The third kappa shape index (κ3) is 3.85. The molecule has 23 heavy (non-hydrogen) atoms. The van der Waals surface area contributed by atoms with Gasteiger partial charge in [-0.25, -0.2) is 8.42 Å².